The summed E-state index contributed by atoms with van der Waals surface area (Å²) < 4.78 is 22.2. The molecule has 0 unspecified atom stereocenters. The molecule has 0 saturated heterocycles. The number of pyridine rings is 3. The predicted molar refractivity (Wildman–Crippen MR) is 136 cm³/mol. The second kappa shape index (κ2) is 9.87. The van der Waals surface area contributed by atoms with Gasteiger partial charge in [-0.25, -0.2) is 9.37 Å². The quantitative estimate of drug-likeness (QED) is 0.408. The Balaban J connectivity index is 1.76. The summed E-state index contributed by atoms with van der Waals surface area (Å²) in [6.45, 7) is 7.96. The van der Waals surface area contributed by atoms with Crippen LogP contribution in [0, 0.1) is 26.6 Å². The van der Waals surface area contributed by atoms with Crippen LogP contribution in [0.2, 0.25) is 5.02 Å². The first kappa shape index (κ1) is 26.2. The zero-order valence-electron chi connectivity index (χ0n) is 20.9. The van der Waals surface area contributed by atoms with Crippen LogP contribution in [0.5, 0.6) is 5.75 Å². The van der Waals surface area contributed by atoms with E-state index in [1.54, 1.807) is 26.8 Å². The van der Waals surface area contributed by atoms with Gasteiger partial charge in [0, 0.05) is 36.4 Å². The standard InChI is InChI=1S/C26H25ClFN5O4/c1-14-8-18(28)19(29-11-14)13-37-21-9-16(3)32(25(35)23(21)27)20-10-22(30-12-15(20)2)33-24(34)17(6-7-31-33)26(4,5)36/h6-12,36H,13H2,1-5H3. The molecule has 0 aliphatic carbocycles. The molecule has 0 amide bonds. The van der Waals surface area contributed by atoms with Gasteiger partial charge in [-0.05, 0) is 57.9 Å². The minimum Gasteiger partial charge on any atom is -0.485 e. The molecule has 4 aromatic rings. The molecule has 4 rings (SSSR count). The van der Waals surface area contributed by atoms with Crippen molar-refractivity contribution < 1.29 is 14.2 Å². The number of nitrogens with zero attached hydrogens (tertiary/aromatic N) is 5. The first-order valence-electron chi connectivity index (χ1n) is 11.3. The van der Waals surface area contributed by atoms with E-state index in [0.29, 0.717) is 22.5 Å². The molecular formula is C26H25ClFN5O4. The minimum atomic E-state index is -1.39. The van der Waals surface area contributed by atoms with E-state index in [2.05, 4.69) is 15.1 Å². The van der Waals surface area contributed by atoms with Gasteiger partial charge in [-0.15, -0.1) is 0 Å². The van der Waals surface area contributed by atoms with Crippen molar-refractivity contribution in [2.24, 2.45) is 0 Å². The van der Waals surface area contributed by atoms with Gasteiger partial charge in [-0.2, -0.15) is 9.78 Å². The van der Waals surface area contributed by atoms with Crippen LogP contribution in [0.1, 0.15) is 41.9 Å². The Morgan fingerprint density at radius 1 is 1.08 bits per heavy atom. The molecule has 0 spiro atoms. The van der Waals surface area contributed by atoms with Crippen LogP contribution in [0.4, 0.5) is 4.39 Å². The zero-order chi connectivity index (χ0) is 27.1. The van der Waals surface area contributed by atoms with Gasteiger partial charge in [-0.3, -0.25) is 19.1 Å². The van der Waals surface area contributed by atoms with E-state index in [1.807, 2.05) is 0 Å². The fourth-order valence-corrected chi connectivity index (χ4v) is 3.99. The van der Waals surface area contributed by atoms with Crippen LogP contribution < -0.4 is 15.9 Å². The topological polar surface area (TPSA) is 112 Å². The molecule has 0 aromatic carbocycles. The molecule has 1 N–H and O–H groups in total. The van der Waals surface area contributed by atoms with Crippen molar-refractivity contribution in [2.45, 2.75) is 46.8 Å². The van der Waals surface area contributed by atoms with E-state index in [1.165, 1.54) is 55.2 Å². The van der Waals surface area contributed by atoms with E-state index in [9.17, 15) is 19.1 Å². The average Bonchev–Trinajstić information content (AvgIpc) is 2.82. The molecule has 4 aromatic heterocycles. The molecule has 4 heterocycles. The van der Waals surface area contributed by atoms with Gasteiger partial charge in [0.05, 0.1) is 16.9 Å². The first-order valence-corrected chi connectivity index (χ1v) is 11.7. The summed E-state index contributed by atoms with van der Waals surface area (Å²) in [5, 5.41) is 14.2. The summed E-state index contributed by atoms with van der Waals surface area (Å²) in [7, 11) is 0. The van der Waals surface area contributed by atoms with Crippen molar-refractivity contribution in [3.8, 4) is 17.3 Å². The summed E-state index contributed by atoms with van der Waals surface area (Å²) >= 11 is 6.37. The van der Waals surface area contributed by atoms with Gasteiger partial charge < -0.3 is 9.84 Å². The van der Waals surface area contributed by atoms with Gasteiger partial charge in [-0.1, -0.05) is 11.6 Å². The summed E-state index contributed by atoms with van der Waals surface area (Å²) in [5.74, 6) is -0.274. The van der Waals surface area contributed by atoms with Crippen molar-refractivity contribution in [2.75, 3.05) is 0 Å². The molecule has 0 saturated carbocycles. The fraction of sp³-hybridized carbons (Fsp3) is 0.269. The second-order valence-corrected chi connectivity index (χ2v) is 9.56. The molecular weight excluding hydrogens is 501 g/mol. The Hall–Kier alpha value is -3.89. The number of halogens is 2. The van der Waals surface area contributed by atoms with Crippen molar-refractivity contribution in [1.82, 2.24) is 24.3 Å². The number of aryl methyl sites for hydroxylation is 3. The largest absolute Gasteiger partial charge is 0.485 e. The Labute approximate surface area is 216 Å². The normalized spacial score (nSPS) is 11.6. The van der Waals surface area contributed by atoms with E-state index < -0.39 is 22.5 Å². The summed E-state index contributed by atoms with van der Waals surface area (Å²) in [4.78, 5) is 34.6. The smallest absolute Gasteiger partial charge is 0.279 e. The molecule has 0 aliphatic heterocycles. The molecule has 192 valence electrons. The Morgan fingerprint density at radius 2 is 1.81 bits per heavy atom. The maximum absolute atomic E-state index is 14.1. The Morgan fingerprint density at radius 3 is 2.49 bits per heavy atom. The molecule has 0 radical (unpaired) electrons. The van der Waals surface area contributed by atoms with Gasteiger partial charge in [0.2, 0.25) is 0 Å². The van der Waals surface area contributed by atoms with Crippen LogP contribution in [0.15, 0.2) is 52.4 Å². The van der Waals surface area contributed by atoms with Crippen LogP contribution in [0.3, 0.4) is 0 Å². The lowest BCUT2D eigenvalue weighted by atomic mass is 10.0. The van der Waals surface area contributed by atoms with Crippen LogP contribution in [-0.4, -0.2) is 29.4 Å². The van der Waals surface area contributed by atoms with Crippen molar-refractivity contribution in [3.05, 3.63) is 102 Å². The lowest BCUT2D eigenvalue weighted by Crippen LogP contribution is -2.32. The molecule has 0 bridgehead atoms. The third kappa shape index (κ3) is 5.16. The lowest BCUT2D eigenvalue weighted by Gasteiger charge is -2.18. The maximum Gasteiger partial charge on any atom is 0.279 e. The third-order valence-corrected chi connectivity index (χ3v) is 6.09. The highest BCUT2D eigenvalue weighted by Gasteiger charge is 2.23. The predicted octanol–water partition coefficient (Wildman–Crippen LogP) is 3.70. The minimum absolute atomic E-state index is 0.0874. The van der Waals surface area contributed by atoms with Gasteiger partial charge in [0.25, 0.3) is 11.1 Å². The third-order valence-electron chi connectivity index (χ3n) is 5.74. The van der Waals surface area contributed by atoms with Crippen LogP contribution in [-0.2, 0) is 12.2 Å². The number of aromatic nitrogens is 5. The zero-order valence-corrected chi connectivity index (χ0v) is 21.7. The average molecular weight is 526 g/mol. The Kier molecular flexibility index (Phi) is 6.98. The number of hydrogen-bond donors (Lipinski definition) is 1. The number of hydrogen-bond acceptors (Lipinski definition) is 7. The van der Waals surface area contributed by atoms with Gasteiger partial charge in [0.1, 0.15) is 28.9 Å². The van der Waals surface area contributed by atoms with Crippen LogP contribution >= 0.6 is 11.6 Å². The second-order valence-electron chi connectivity index (χ2n) is 9.18. The summed E-state index contributed by atoms with van der Waals surface area (Å²) in [5.41, 5.74) is -0.0519. The molecule has 0 atom stereocenters. The lowest BCUT2D eigenvalue weighted by molar-refractivity contribution is 0.0764. The maximum atomic E-state index is 14.1. The van der Waals surface area contributed by atoms with Crippen LogP contribution in [0.25, 0.3) is 11.5 Å². The number of ether oxygens (including phenoxy) is 1. The number of rotatable bonds is 6. The summed E-state index contributed by atoms with van der Waals surface area (Å²) in [6, 6.07) is 5.89. The first-order chi connectivity index (χ1) is 17.4. The van der Waals surface area contributed by atoms with Crippen molar-refractivity contribution in [1.29, 1.82) is 0 Å². The van der Waals surface area contributed by atoms with Crippen molar-refractivity contribution >= 4 is 11.6 Å². The summed E-state index contributed by atoms with van der Waals surface area (Å²) in [6.07, 6.45) is 4.42. The van der Waals surface area contributed by atoms with E-state index in [0.717, 1.165) is 4.68 Å². The van der Waals surface area contributed by atoms with E-state index in [4.69, 9.17) is 16.3 Å². The highest BCUT2D eigenvalue weighted by Crippen LogP contribution is 2.26. The molecule has 11 heteroatoms. The van der Waals surface area contributed by atoms with Gasteiger partial charge >= 0.3 is 0 Å². The molecule has 0 fully saturated rings. The van der Waals surface area contributed by atoms with E-state index >= 15 is 0 Å². The molecule has 0 aliphatic rings. The van der Waals surface area contributed by atoms with Gasteiger partial charge in [0.15, 0.2) is 5.82 Å². The molecule has 9 nitrogen and oxygen atoms in total. The van der Waals surface area contributed by atoms with Crippen molar-refractivity contribution in [3.63, 3.8) is 0 Å². The Bertz CT molecular complexity index is 1630. The SMILES string of the molecule is Cc1cnc(COc2cc(C)n(-c3cc(-n4nccc(C(C)(C)O)c4=O)ncc3C)c(=O)c2Cl)c(F)c1. The highest BCUT2D eigenvalue weighted by atomic mass is 35.5. The highest BCUT2D eigenvalue weighted by molar-refractivity contribution is 6.31. The molecule has 37 heavy (non-hydrogen) atoms. The fourth-order valence-electron chi connectivity index (χ4n) is 3.80. The van der Waals surface area contributed by atoms with E-state index in [-0.39, 0.29) is 34.5 Å². The monoisotopic (exact) mass is 525 g/mol. The number of aliphatic hydroxyl groups is 1.